The van der Waals surface area contributed by atoms with Crippen molar-refractivity contribution in [3.8, 4) is 0 Å². The standard InChI is InChI=1S/C28H27N3O3/c1-18-3-10-25(19(2)13-18)28(33)34-17-20-4-6-21(7-5-20)26(15-29)27(32)31-24-9-8-23-16-30-12-11-22(23)14-24/h3-14,16,26H,15,17,29H2,1-2H3,(H,31,32)/i15D2,16D,17D2. The molecule has 3 aromatic carbocycles. The van der Waals surface area contributed by atoms with Crippen LogP contribution in [0.3, 0.4) is 0 Å². The molecule has 0 radical (unpaired) electrons. The number of rotatable bonds is 7. The fraction of sp³-hybridized carbons (Fsp3) is 0.179. The Balaban J connectivity index is 1.55. The van der Waals surface area contributed by atoms with Gasteiger partial charge in [0.15, 0.2) is 0 Å². The summed E-state index contributed by atoms with van der Waals surface area (Å²) in [5, 5.41) is 3.96. The number of hydrogen-bond acceptors (Lipinski definition) is 5. The monoisotopic (exact) mass is 458 g/mol. The van der Waals surface area contributed by atoms with Gasteiger partial charge in [-0.2, -0.15) is 0 Å². The molecule has 3 N–H and O–H groups in total. The maximum Gasteiger partial charge on any atom is 0.338 e. The zero-order valence-corrected chi connectivity index (χ0v) is 18.8. The van der Waals surface area contributed by atoms with Crippen LogP contribution in [0.1, 0.15) is 45.4 Å². The average molecular weight is 459 g/mol. The molecule has 0 fully saturated rings. The number of nitrogens with one attached hydrogen (secondary N) is 1. The minimum atomic E-state index is -2.48. The van der Waals surface area contributed by atoms with Crippen molar-refractivity contribution in [3.63, 3.8) is 0 Å². The number of nitrogens with two attached hydrogens (primary N) is 1. The van der Waals surface area contributed by atoms with Crippen molar-refractivity contribution in [1.29, 1.82) is 0 Å². The zero-order valence-electron chi connectivity index (χ0n) is 23.8. The molecule has 4 aromatic rings. The number of benzene rings is 3. The first kappa shape index (κ1) is 17.4. The number of hydrogen-bond donors (Lipinski definition) is 2. The van der Waals surface area contributed by atoms with Crippen LogP contribution in [0.4, 0.5) is 5.69 Å². The second-order valence-electron chi connectivity index (χ2n) is 7.88. The molecule has 0 bridgehead atoms. The van der Waals surface area contributed by atoms with Crippen LogP contribution in [-0.4, -0.2) is 23.4 Å². The van der Waals surface area contributed by atoms with Gasteiger partial charge in [0.05, 0.1) is 15.6 Å². The number of esters is 1. The van der Waals surface area contributed by atoms with Crippen molar-refractivity contribution < 1.29 is 21.2 Å². The Morgan fingerprint density at radius 1 is 1.06 bits per heavy atom. The zero-order chi connectivity index (χ0) is 28.5. The molecule has 1 heterocycles. The molecule has 1 aromatic heterocycles. The minimum absolute atomic E-state index is 0.00967. The smallest absolute Gasteiger partial charge is 0.338 e. The second kappa shape index (κ2) is 10.3. The Morgan fingerprint density at radius 2 is 1.85 bits per heavy atom. The van der Waals surface area contributed by atoms with E-state index in [1.807, 2.05) is 6.92 Å². The number of fused-ring (bicyclic) bond motifs is 1. The topological polar surface area (TPSA) is 94.3 Å². The lowest BCUT2D eigenvalue weighted by Crippen LogP contribution is -2.27. The molecule has 1 amide bonds. The van der Waals surface area contributed by atoms with Crippen LogP contribution in [0, 0.1) is 13.8 Å². The summed E-state index contributed by atoms with van der Waals surface area (Å²) in [7, 11) is 0. The van der Waals surface area contributed by atoms with Gasteiger partial charge in [-0.15, -0.1) is 0 Å². The SMILES string of the molecule is [2H]c1nccc2cc(NC(=O)C(c3ccc(C([2H])([2H])OC(=O)c4ccc(C)cc4C)cc3)C([2H])([2H])N)ccc12. The van der Waals surface area contributed by atoms with E-state index in [1.165, 1.54) is 30.5 Å². The normalized spacial score (nSPS) is 14.7. The number of aromatic nitrogens is 1. The molecule has 0 aliphatic rings. The number of carbonyl (C=O) groups is 2. The van der Waals surface area contributed by atoms with Gasteiger partial charge < -0.3 is 15.8 Å². The van der Waals surface area contributed by atoms with Gasteiger partial charge in [-0.3, -0.25) is 9.78 Å². The maximum atomic E-state index is 13.2. The van der Waals surface area contributed by atoms with Crippen LogP contribution in [0.15, 0.2) is 79.1 Å². The van der Waals surface area contributed by atoms with Crippen molar-refractivity contribution in [3.05, 3.63) is 107 Å². The fourth-order valence-corrected chi connectivity index (χ4v) is 3.59. The van der Waals surface area contributed by atoms with E-state index >= 15 is 0 Å². The number of nitrogens with zero attached hydrogens (tertiary/aromatic N) is 1. The molecule has 6 nitrogen and oxygen atoms in total. The van der Waals surface area contributed by atoms with E-state index in [9.17, 15) is 9.59 Å². The summed E-state index contributed by atoms with van der Waals surface area (Å²) in [4.78, 5) is 29.7. The fourth-order valence-electron chi connectivity index (χ4n) is 3.59. The lowest BCUT2D eigenvalue weighted by atomic mass is 9.97. The van der Waals surface area contributed by atoms with Gasteiger partial charge >= 0.3 is 5.97 Å². The summed E-state index contributed by atoms with van der Waals surface area (Å²) >= 11 is 0. The molecule has 0 saturated heterocycles. The molecular formula is C28H27N3O3. The van der Waals surface area contributed by atoms with Gasteiger partial charge in [-0.1, -0.05) is 48.0 Å². The van der Waals surface area contributed by atoms with Crippen LogP contribution in [0.25, 0.3) is 10.8 Å². The third-order valence-corrected chi connectivity index (χ3v) is 5.37. The molecule has 0 aliphatic heterocycles. The van der Waals surface area contributed by atoms with Gasteiger partial charge in [0.2, 0.25) is 5.91 Å². The average Bonchev–Trinajstić information content (AvgIpc) is 2.83. The second-order valence-corrected chi connectivity index (χ2v) is 7.88. The van der Waals surface area contributed by atoms with Crippen LogP contribution in [0.2, 0.25) is 0 Å². The highest BCUT2D eigenvalue weighted by Gasteiger charge is 2.19. The lowest BCUT2D eigenvalue weighted by molar-refractivity contribution is -0.117. The molecule has 172 valence electrons. The molecule has 0 aliphatic carbocycles. The Labute approximate surface area is 205 Å². The predicted octanol–water partition coefficient (Wildman–Crippen LogP) is 4.89. The summed E-state index contributed by atoms with van der Waals surface area (Å²) in [6.07, 6.45) is 1.58. The largest absolute Gasteiger partial charge is 0.457 e. The summed E-state index contributed by atoms with van der Waals surface area (Å²) in [6.45, 7) is -1.31. The molecule has 0 spiro atoms. The van der Waals surface area contributed by atoms with Gasteiger partial charge in [0.25, 0.3) is 0 Å². The molecule has 34 heavy (non-hydrogen) atoms. The van der Waals surface area contributed by atoms with Gasteiger partial charge in [0.1, 0.15) is 6.56 Å². The van der Waals surface area contributed by atoms with E-state index in [4.69, 9.17) is 17.3 Å². The Bertz CT molecular complexity index is 1550. The quantitative estimate of drug-likeness (QED) is 0.385. The number of amides is 1. The number of pyridine rings is 1. The van der Waals surface area contributed by atoms with E-state index < -0.39 is 30.9 Å². The first-order valence-electron chi connectivity index (χ1n) is 13.1. The van der Waals surface area contributed by atoms with Crippen LogP contribution in [-0.2, 0) is 16.1 Å². The summed E-state index contributed by atoms with van der Waals surface area (Å²) in [5.74, 6) is -2.96. The molecule has 1 unspecified atom stereocenters. The Morgan fingerprint density at radius 3 is 2.59 bits per heavy atom. The molecule has 6 heteroatoms. The van der Waals surface area contributed by atoms with E-state index in [1.54, 1.807) is 49.4 Å². The maximum absolute atomic E-state index is 13.2. The van der Waals surface area contributed by atoms with Crippen LogP contribution >= 0.6 is 0 Å². The summed E-state index contributed by atoms with van der Waals surface area (Å²) in [6, 6.07) is 17.1. The van der Waals surface area contributed by atoms with Crippen molar-refractivity contribution in [2.24, 2.45) is 5.73 Å². The van der Waals surface area contributed by atoms with Crippen molar-refractivity contribution in [2.45, 2.75) is 26.3 Å². The number of carbonyl (C=O) groups excluding carboxylic acids is 2. The first-order valence-corrected chi connectivity index (χ1v) is 10.6. The Kier molecular flexibility index (Phi) is 5.27. The first-order chi connectivity index (χ1) is 18.3. The molecule has 4 rings (SSSR count). The van der Waals surface area contributed by atoms with Gasteiger partial charge in [0, 0.05) is 32.7 Å². The van der Waals surface area contributed by atoms with Crippen molar-refractivity contribution in [1.82, 2.24) is 4.98 Å². The highest BCUT2D eigenvalue weighted by molar-refractivity contribution is 5.98. The third-order valence-electron chi connectivity index (χ3n) is 5.37. The van der Waals surface area contributed by atoms with Gasteiger partial charge in [-0.05, 0) is 60.2 Å². The summed E-state index contributed by atoms with van der Waals surface area (Å²) < 4.78 is 45.8. The third kappa shape index (κ3) is 5.30. The number of anilines is 1. The van der Waals surface area contributed by atoms with E-state index in [2.05, 4.69) is 10.3 Å². The van der Waals surface area contributed by atoms with Crippen molar-refractivity contribution in [2.75, 3.05) is 11.8 Å². The summed E-state index contributed by atoms with van der Waals surface area (Å²) in [5.41, 5.74) is 8.22. The lowest BCUT2D eigenvalue weighted by Gasteiger charge is -2.16. The van der Waals surface area contributed by atoms with Crippen LogP contribution < -0.4 is 11.1 Å². The van der Waals surface area contributed by atoms with Gasteiger partial charge in [-0.25, -0.2) is 4.79 Å². The minimum Gasteiger partial charge on any atom is -0.457 e. The Hall–Kier alpha value is -4.03. The number of aryl methyl sites for hydroxylation is 2. The van der Waals surface area contributed by atoms with E-state index in [0.29, 0.717) is 22.0 Å². The molecular weight excluding hydrogens is 426 g/mol. The van der Waals surface area contributed by atoms with E-state index in [-0.39, 0.29) is 22.9 Å². The predicted molar refractivity (Wildman–Crippen MR) is 134 cm³/mol. The van der Waals surface area contributed by atoms with Crippen LogP contribution in [0.5, 0.6) is 0 Å². The molecule has 1 atom stereocenters. The number of ether oxygens (including phenoxy) is 1. The highest BCUT2D eigenvalue weighted by atomic mass is 16.5. The van der Waals surface area contributed by atoms with Crippen molar-refractivity contribution >= 4 is 28.3 Å². The highest BCUT2D eigenvalue weighted by Crippen LogP contribution is 2.22. The molecule has 0 saturated carbocycles. The van der Waals surface area contributed by atoms with E-state index in [0.717, 1.165) is 5.56 Å².